The highest BCUT2D eigenvalue weighted by Crippen LogP contribution is 2.37. The number of halogens is 3. The maximum Gasteiger partial charge on any atom is 0.433 e. The van der Waals surface area contributed by atoms with Gasteiger partial charge in [0.2, 0.25) is 10.0 Å². The number of pyridine rings is 1. The molecule has 0 saturated heterocycles. The fourth-order valence-corrected chi connectivity index (χ4v) is 3.12. The van der Waals surface area contributed by atoms with Crippen molar-refractivity contribution in [1.82, 2.24) is 4.98 Å². The molecule has 130 valence electrons. The van der Waals surface area contributed by atoms with Crippen molar-refractivity contribution in [3.8, 4) is 0 Å². The Labute approximate surface area is 142 Å². The number of primary sulfonamides is 1. The Kier molecular flexibility index (Phi) is 4.26. The summed E-state index contributed by atoms with van der Waals surface area (Å²) in [6.07, 6.45) is 1.13. The molecule has 0 atom stereocenters. The molecule has 0 saturated carbocycles. The van der Waals surface area contributed by atoms with Gasteiger partial charge in [-0.2, -0.15) is 13.2 Å². The number of hydrogen-bond acceptors (Lipinski definition) is 3. The fourth-order valence-electron chi connectivity index (χ4n) is 2.61. The summed E-state index contributed by atoms with van der Waals surface area (Å²) >= 11 is 0. The molecule has 0 radical (unpaired) electrons. The fraction of sp³-hybridized carbons (Fsp3) is 0.118. The van der Waals surface area contributed by atoms with E-state index in [1.54, 1.807) is 12.1 Å². The summed E-state index contributed by atoms with van der Waals surface area (Å²) in [5.41, 5.74) is 1.92. The zero-order valence-corrected chi connectivity index (χ0v) is 13.6. The second-order valence-electron chi connectivity index (χ2n) is 5.47. The second kappa shape index (κ2) is 6.12. The Morgan fingerprint density at radius 2 is 1.48 bits per heavy atom. The van der Waals surface area contributed by atoms with Gasteiger partial charge in [-0.15, -0.1) is 0 Å². The van der Waals surface area contributed by atoms with E-state index >= 15 is 0 Å². The van der Waals surface area contributed by atoms with E-state index in [1.807, 2.05) is 12.2 Å². The van der Waals surface area contributed by atoms with Gasteiger partial charge in [0.1, 0.15) is 5.69 Å². The minimum absolute atomic E-state index is 0.00317. The van der Waals surface area contributed by atoms with Crippen molar-refractivity contribution >= 4 is 21.2 Å². The third-order valence-corrected chi connectivity index (χ3v) is 4.72. The molecule has 1 aliphatic rings. The van der Waals surface area contributed by atoms with Crippen LogP contribution in [-0.2, 0) is 16.2 Å². The molecule has 0 spiro atoms. The first-order chi connectivity index (χ1) is 11.7. The molecule has 0 bridgehead atoms. The van der Waals surface area contributed by atoms with Crippen LogP contribution in [0.15, 0.2) is 59.6 Å². The van der Waals surface area contributed by atoms with Crippen molar-refractivity contribution in [2.45, 2.75) is 17.5 Å². The lowest BCUT2D eigenvalue weighted by atomic mass is 9.96. The van der Waals surface area contributed by atoms with Crippen LogP contribution < -0.4 is 5.14 Å². The highest BCUT2D eigenvalue weighted by atomic mass is 32.2. The molecule has 2 N–H and O–H groups in total. The highest BCUT2D eigenvalue weighted by Gasteiger charge is 2.32. The highest BCUT2D eigenvalue weighted by molar-refractivity contribution is 7.89. The average Bonchev–Trinajstić information content (AvgIpc) is 3.03. The quantitative estimate of drug-likeness (QED) is 0.902. The van der Waals surface area contributed by atoms with Gasteiger partial charge >= 0.3 is 6.18 Å². The van der Waals surface area contributed by atoms with Crippen molar-refractivity contribution < 1.29 is 21.6 Å². The number of alkyl halides is 3. The standard InChI is InChI=1S/C17H13F3N2O2S/c18-17(19,20)16-9-6-12(10-22-16)15-3-1-2-14(15)11-4-7-13(8-5-11)25(21,23)24/h2-10H,1H2,(H2,21,23,24). The largest absolute Gasteiger partial charge is 0.433 e. The first kappa shape index (κ1) is 17.4. The van der Waals surface area contributed by atoms with Crippen LogP contribution >= 0.6 is 0 Å². The molecule has 1 aliphatic carbocycles. The zero-order chi connectivity index (χ0) is 18.2. The smallest absolute Gasteiger partial charge is 0.251 e. The van der Waals surface area contributed by atoms with Crippen LogP contribution in [0.1, 0.15) is 23.2 Å². The van der Waals surface area contributed by atoms with Gasteiger partial charge in [0, 0.05) is 11.8 Å². The van der Waals surface area contributed by atoms with Gasteiger partial charge in [-0.25, -0.2) is 13.6 Å². The van der Waals surface area contributed by atoms with Crippen LogP contribution in [0.3, 0.4) is 0 Å². The topological polar surface area (TPSA) is 73.1 Å². The first-order valence-electron chi connectivity index (χ1n) is 7.24. The summed E-state index contributed by atoms with van der Waals surface area (Å²) < 4.78 is 60.5. The SMILES string of the molecule is NS(=O)(=O)c1ccc(C2=CCC=C2c2ccc(C(F)(F)F)nc2)cc1. The molecule has 25 heavy (non-hydrogen) atoms. The van der Waals surface area contributed by atoms with Crippen molar-refractivity contribution in [2.24, 2.45) is 5.14 Å². The summed E-state index contributed by atoms with van der Waals surface area (Å²) in [6, 6.07) is 8.33. The molecular weight excluding hydrogens is 353 g/mol. The number of allylic oxidation sites excluding steroid dienone is 4. The molecule has 0 aliphatic heterocycles. The lowest BCUT2D eigenvalue weighted by molar-refractivity contribution is -0.141. The van der Waals surface area contributed by atoms with Crippen LogP contribution in [0.2, 0.25) is 0 Å². The predicted molar refractivity (Wildman–Crippen MR) is 87.6 cm³/mol. The number of nitrogens with zero attached hydrogens (tertiary/aromatic N) is 1. The van der Waals surface area contributed by atoms with E-state index in [0.717, 1.165) is 22.8 Å². The molecule has 0 amide bonds. The molecule has 8 heteroatoms. The zero-order valence-electron chi connectivity index (χ0n) is 12.8. The molecular formula is C17H13F3N2O2S. The normalized spacial score (nSPS) is 15.0. The van der Waals surface area contributed by atoms with Gasteiger partial charge in [0.15, 0.2) is 0 Å². The summed E-state index contributed by atoms with van der Waals surface area (Å²) in [7, 11) is -3.78. The maximum atomic E-state index is 12.6. The maximum absolute atomic E-state index is 12.6. The lowest BCUT2D eigenvalue weighted by Gasteiger charge is -2.11. The number of hydrogen-bond donors (Lipinski definition) is 1. The van der Waals surface area contributed by atoms with E-state index in [-0.39, 0.29) is 4.90 Å². The Bertz CT molecular complexity index is 958. The number of benzene rings is 1. The summed E-state index contributed by atoms with van der Waals surface area (Å²) in [5, 5.41) is 5.07. The summed E-state index contributed by atoms with van der Waals surface area (Å²) in [5.74, 6) is 0. The predicted octanol–water partition coefficient (Wildman–Crippen LogP) is 3.62. The second-order valence-corrected chi connectivity index (χ2v) is 7.03. The van der Waals surface area contributed by atoms with E-state index in [4.69, 9.17) is 5.14 Å². The van der Waals surface area contributed by atoms with Crippen molar-refractivity contribution in [1.29, 1.82) is 0 Å². The monoisotopic (exact) mass is 366 g/mol. The van der Waals surface area contributed by atoms with Gasteiger partial charge in [0.05, 0.1) is 4.90 Å². The van der Waals surface area contributed by atoms with Crippen LogP contribution in [0, 0.1) is 0 Å². The molecule has 1 aromatic carbocycles. The minimum atomic E-state index is -4.48. The summed E-state index contributed by atoms with van der Waals surface area (Å²) in [6.45, 7) is 0. The lowest BCUT2D eigenvalue weighted by Crippen LogP contribution is -2.11. The van der Waals surface area contributed by atoms with E-state index < -0.39 is 21.9 Å². The molecule has 0 unspecified atom stereocenters. The van der Waals surface area contributed by atoms with Gasteiger partial charge in [-0.3, -0.25) is 4.98 Å². The Balaban J connectivity index is 1.91. The number of aromatic nitrogens is 1. The molecule has 1 heterocycles. The minimum Gasteiger partial charge on any atom is -0.251 e. The van der Waals surface area contributed by atoms with Crippen LogP contribution in [0.5, 0.6) is 0 Å². The van der Waals surface area contributed by atoms with Crippen LogP contribution in [0.4, 0.5) is 13.2 Å². The number of nitrogens with two attached hydrogens (primary N) is 1. The van der Waals surface area contributed by atoms with Crippen LogP contribution in [-0.4, -0.2) is 13.4 Å². The number of rotatable bonds is 3. The summed E-state index contributed by atoms with van der Waals surface area (Å²) in [4.78, 5) is 3.48. The van der Waals surface area contributed by atoms with Gasteiger partial charge in [-0.1, -0.05) is 30.4 Å². The molecule has 0 fully saturated rings. The third kappa shape index (κ3) is 3.64. The molecule has 3 rings (SSSR count). The van der Waals surface area contributed by atoms with Crippen molar-refractivity contribution in [3.05, 3.63) is 71.6 Å². The molecule has 4 nitrogen and oxygen atoms in total. The van der Waals surface area contributed by atoms with E-state index in [2.05, 4.69) is 4.98 Å². The Hall–Kier alpha value is -2.45. The first-order valence-corrected chi connectivity index (χ1v) is 8.78. The van der Waals surface area contributed by atoms with E-state index in [1.165, 1.54) is 24.4 Å². The van der Waals surface area contributed by atoms with Crippen molar-refractivity contribution in [3.63, 3.8) is 0 Å². The van der Waals surface area contributed by atoms with Crippen molar-refractivity contribution in [2.75, 3.05) is 0 Å². The average molecular weight is 366 g/mol. The van der Waals surface area contributed by atoms with E-state index in [0.29, 0.717) is 12.0 Å². The van der Waals surface area contributed by atoms with Gasteiger partial charge in [-0.05, 0) is 41.3 Å². The van der Waals surface area contributed by atoms with Crippen LogP contribution in [0.25, 0.3) is 11.1 Å². The van der Waals surface area contributed by atoms with E-state index in [9.17, 15) is 21.6 Å². The Morgan fingerprint density at radius 1 is 0.920 bits per heavy atom. The number of sulfonamides is 1. The Morgan fingerprint density at radius 3 is 1.96 bits per heavy atom. The third-order valence-electron chi connectivity index (χ3n) is 3.79. The van der Waals surface area contributed by atoms with Gasteiger partial charge in [0.25, 0.3) is 0 Å². The molecule has 1 aromatic heterocycles. The molecule has 2 aromatic rings. The van der Waals surface area contributed by atoms with Gasteiger partial charge < -0.3 is 0 Å².